The van der Waals surface area contributed by atoms with Gasteiger partial charge in [-0.15, -0.1) is 0 Å². The van der Waals surface area contributed by atoms with Gasteiger partial charge in [-0.05, 0) is 62.6 Å². The van der Waals surface area contributed by atoms with Crippen molar-refractivity contribution in [2.75, 3.05) is 14.2 Å². The number of ether oxygens (including phenoxy) is 3. The lowest BCUT2D eigenvalue weighted by Gasteiger charge is -2.29. The van der Waals surface area contributed by atoms with Gasteiger partial charge >= 0.3 is 6.09 Å². The van der Waals surface area contributed by atoms with Gasteiger partial charge in [-0.1, -0.05) is 44.0 Å². The number of methoxy groups -OCH3 is 2. The van der Waals surface area contributed by atoms with Crippen molar-refractivity contribution < 1.29 is 23.8 Å². The fourth-order valence-corrected chi connectivity index (χ4v) is 3.45. The van der Waals surface area contributed by atoms with Crippen molar-refractivity contribution >= 4 is 12.0 Å². The highest BCUT2D eigenvalue weighted by atomic mass is 16.6. The number of nitrogens with zero attached hydrogens (tertiary/aromatic N) is 1. The van der Waals surface area contributed by atoms with Crippen LogP contribution in [0.2, 0.25) is 0 Å². The van der Waals surface area contributed by atoms with Crippen molar-refractivity contribution in [2.24, 2.45) is 0 Å². The number of amides is 2. The average molecular weight is 471 g/mol. The van der Waals surface area contributed by atoms with Crippen LogP contribution < -0.4 is 14.8 Å². The van der Waals surface area contributed by atoms with Crippen LogP contribution in [0, 0.1) is 0 Å². The summed E-state index contributed by atoms with van der Waals surface area (Å²) < 4.78 is 15.9. The Morgan fingerprint density at radius 1 is 0.882 bits per heavy atom. The van der Waals surface area contributed by atoms with E-state index in [2.05, 4.69) is 12.2 Å². The zero-order chi connectivity index (χ0) is 25.1. The van der Waals surface area contributed by atoms with Crippen LogP contribution in [0.1, 0.15) is 58.1 Å². The minimum atomic E-state index is -0.675. The van der Waals surface area contributed by atoms with Gasteiger partial charge in [0.25, 0.3) is 0 Å². The van der Waals surface area contributed by atoms with E-state index in [1.54, 1.807) is 39.9 Å². The number of nitrogens with one attached hydrogen (secondary N) is 1. The minimum absolute atomic E-state index is 0.147. The average Bonchev–Trinajstić information content (AvgIpc) is 2.80. The number of benzene rings is 2. The summed E-state index contributed by atoms with van der Waals surface area (Å²) in [6.07, 6.45) is 1.67. The summed E-state index contributed by atoms with van der Waals surface area (Å²) in [5.74, 6) is 1.36. The Labute approximate surface area is 203 Å². The smallest absolute Gasteiger partial charge is 0.408 e. The van der Waals surface area contributed by atoms with Crippen LogP contribution >= 0.6 is 0 Å². The third kappa shape index (κ3) is 8.96. The molecule has 2 rings (SSSR count). The first-order valence-electron chi connectivity index (χ1n) is 11.7. The second-order valence-electron chi connectivity index (χ2n) is 9.23. The molecular weight excluding hydrogens is 432 g/mol. The van der Waals surface area contributed by atoms with Crippen molar-refractivity contribution in [3.63, 3.8) is 0 Å². The molecule has 7 heteroatoms. The molecule has 0 aliphatic carbocycles. The van der Waals surface area contributed by atoms with Crippen LogP contribution in [0.5, 0.6) is 11.5 Å². The first-order chi connectivity index (χ1) is 16.1. The molecule has 1 N–H and O–H groups in total. The number of rotatable bonds is 11. The van der Waals surface area contributed by atoms with Gasteiger partial charge in [0.1, 0.15) is 23.1 Å². The van der Waals surface area contributed by atoms with E-state index < -0.39 is 17.7 Å². The summed E-state index contributed by atoms with van der Waals surface area (Å²) in [6.45, 7) is 8.25. The van der Waals surface area contributed by atoms with E-state index in [0.717, 1.165) is 35.5 Å². The van der Waals surface area contributed by atoms with Crippen molar-refractivity contribution in [1.82, 2.24) is 10.2 Å². The number of hydrogen-bond acceptors (Lipinski definition) is 5. The summed E-state index contributed by atoms with van der Waals surface area (Å²) in [5, 5.41) is 2.80. The minimum Gasteiger partial charge on any atom is -0.497 e. The molecule has 2 aromatic rings. The number of carbonyl (C=O) groups excluding carboxylic acids is 2. The molecule has 0 aromatic heterocycles. The molecule has 2 amide bonds. The van der Waals surface area contributed by atoms with Crippen molar-refractivity contribution in [3.05, 3.63) is 59.7 Å². The lowest BCUT2D eigenvalue weighted by Crippen LogP contribution is -2.49. The van der Waals surface area contributed by atoms with Crippen molar-refractivity contribution in [2.45, 2.75) is 71.7 Å². The number of alkyl carbamates (subject to hydrolysis) is 1. The van der Waals surface area contributed by atoms with Crippen molar-refractivity contribution in [1.29, 1.82) is 0 Å². The molecule has 186 valence electrons. The fraction of sp³-hybridized carbons (Fsp3) is 0.481. The molecule has 0 aliphatic rings. The molecule has 2 aromatic carbocycles. The van der Waals surface area contributed by atoms with Crippen LogP contribution in [-0.2, 0) is 22.6 Å². The maximum absolute atomic E-state index is 13.7. The molecule has 34 heavy (non-hydrogen) atoms. The Bertz CT molecular complexity index is 855. The highest BCUT2D eigenvalue weighted by Crippen LogP contribution is 2.19. The van der Waals surface area contributed by atoms with E-state index in [0.29, 0.717) is 19.5 Å². The number of unbranched alkanes of at least 4 members (excludes halogenated alkanes) is 1. The Hall–Kier alpha value is -3.22. The highest BCUT2D eigenvalue weighted by Gasteiger charge is 2.28. The van der Waals surface area contributed by atoms with Gasteiger partial charge in [0, 0.05) is 13.1 Å². The van der Waals surface area contributed by atoms with E-state index in [1.807, 2.05) is 48.5 Å². The molecule has 0 bridgehead atoms. The predicted molar refractivity (Wildman–Crippen MR) is 133 cm³/mol. The van der Waals surface area contributed by atoms with Gasteiger partial charge in [0.15, 0.2) is 0 Å². The normalized spacial score (nSPS) is 11.9. The standard InChI is InChI=1S/C27H38N2O5/c1-7-8-9-24(28-26(31)34-27(2,3)4)25(30)29(18-20-10-14-22(32-5)15-11-20)19-21-12-16-23(33-6)17-13-21/h10-17,24H,7-9,18-19H2,1-6H3,(H,28,31)/t24-/m0/s1. The summed E-state index contributed by atoms with van der Waals surface area (Å²) in [4.78, 5) is 28.0. The monoisotopic (exact) mass is 470 g/mol. The molecule has 0 saturated carbocycles. The Morgan fingerprint density at radius 2 is 1.35 bits per heavy atom. The predicted octanol–water partition coefficient (Wildman–Crippen LogP) is 5.32. The van der Waals surface area contributed by atoms with Crippen LogP contribution in [0.15, 0.2) is 48.5 Å². The quantitative estimate of drug-likeness (QED) is 0.481. The highest BCUT2D eigenvalue weighted by molar-refractivity contribution is 5.85. The van der Waals surface area contributed by atoms with E-state index in [-0.39, 0.29) is 5.91 Å². The summed E-state index contributed by atoms with van der Waals surface area (Å²) in [7, 11) is 3.24. The van der Waals surface area contributed by atoms with Gasteiger partial charge < -0.3 is 24.4 Å². The zero-order valence-electron chi connectivity index (χ0n) is 21.2. The molecule has 7 nitrogen and oxygen atoms in total. The number of hydrogen-bond donors (Lipinski definition) is 1. The van der Waals surface area contributed by atoms with E-state index in [4.69, 9.17) is 14.2 Å². The fourth-order valence-electron chi connectivity index (χ4n) is 3.45. The maximum Gasteiger partial charge on any atom is 0.408 e. The molecule has 0 spiro atoms. The zero-order valence-corrected chi connectivity index (χ0v) is 21.2. The molecule has 1 atom stereocenters. The summed E-state index contributed by atoms with van der Waals surface area (Å²) in [6, 6.07) is 14.6. The molecule has 0 heterocycles. The van der Waals surface area contributed by atoms with Gasteiger partial charge in [0.05, 0.1) is 14.2 Å². The van der Waals surface area contributed by atoms with Gasteiger partial charge in [-0.2, -0.15) is 0 Å². The summed E-state index contributed by atoms with van der Waals surface area (Å²) in [5.41, 5.74) is 1.29. The molecule has 0 aliphatic heterocycles. The van der Waals surface area contributed by atoms with Gasteiger partial charge in [-0.3, -0.25) is 4.79 Å². The topological polar surface area (TPSA) is 77.1 Å². The van der Waals surface area contributed by atoms with Crippen LogP contribution in [0.4, 0.5) is 4.79 Å². The number of carbonyl (C=O) groups is 2. The lowest BCUT2D eigenvalue weighted by molar-refractivity contribution is -0.135. The Morgan fingerprint density at radius 3 is 1.74 bits per heavy atom. The van der Waals surface area contributed by atoms with Crippen LogP contribution in [0.25, 0.3) is 0 Å². The summed E-state index contributed by atoms with van der Waals surface area (Å²) >= 11 is 0. The molecular formula is C27H38N2O5. The first-order valence-corrected chi connectivity index (χ1v) is 11.7. The lowest BCUT2D eigenvalue weighted by atomic mass is 10.1. The maximum atomic E-state index is 13.7. The second kappa shape index (κ2) is 12.9. The Kier molecular flexibility index (Phi) is 10.2. The Balaban J connectivity index is 2.28. The van der Waals surface area contributed by atoms with E-state index >= 15 is 0 Å². The SMILES string of the molecule is CCCC[C@H](NC(=O)OC(C)(C)C)C(=O)N(Cc1ccc(OC)cc1)Cc1ccc(OC)cc1. The van der Waals surface area contributed by atoms with Gasteiger partial charge in [-0.25, -0.2) is 4.79 Å². The first kappa shape index (κ1) is 27.0. The third-order valence-electron chi connectivity index (χ3n) is 5.21. The van der Waals surface area contributed by atoms with Gasteiger partial charge in [0.2, 0.25) is 5.91 Å². The van der Waals surface area contributed by atoms with Crippen LogP contribution in [-0.4, -0.2) is 42.8 Å². The molecule has 0 fully saturated rings. The molecule has 0 saturated heterocycles. The molecule has 0 unspecified atom stereocenters. The largest absolute Gasteiger partial charge is 0.497 e. The van der Waals surface area contributed by atoms with Crippen molar-refractivity contribution in [3.8, 4) is 11.5 Å². The van der Waals surface area contributed by atoms with E-state index in [1.165, 1.54) is 0 Å². The molecule has 0 radical (unpaired) electrons. The van der Waals surface area contributed by atoms with E-state index in [9.17, 15) is 9.59 Å². The second-order valence-corrected chi connectivity index (χ2v) is 9.23. The third-order valence-corrected chi connectivity index (χ3v) is 5.21. The van der Waals surface area contributed by atoms with Crippen LogP contribution in [0.3, 0.4) is 0 Å².